The number of esters is 1. The van der Waals surface area contributed by atoms with Gasteiger partial charge in [-0.3, -0.25) is 14.5 Å². The maximum Gasteiger partial charge on any atom is 0.308 e. The first kappa shape index (κ1) is 17.2. The largest absolute Gasteiger partial charge is 0.469 e. The van der Waals surface area contributed by atoms with Crippen molar-refractivity contribution in [3.8, 4) is 0 Å². The van der Waals surface area contributed by atoms with Crippen LogP contribution in [-0.4, -0.2) is 72.2 Å². The molecule has 6 nitrogen and oxygen atoms in total. The van der Waals surface area contributed by atoms with Gasteiger partial charge in [0.2, 0.25) is 5.91 Å². The van der Waals surface area contributed by atoms with Gasteiger partial charge in [0.05, 0.1) is 25.7 Å². The van der Waals surface area contributed by atoms with Crippen LogP contribution in [-0.2, 0) is 14.3 Å². The molecule has 22 heavy (non-hydrogen) atoms. The molecule has 2 fully saturated rings. The quantitative estimate of drug-likeness (QED) is 0.771. The SMILES string of the molecule is COC(=O)C1CCN(C(=O)CN2CCCC[C@H]2[C@H](C)O)CC1. The number of methoxy groups -OCH3 is 1. The highest BCUT2D eigenvalue weighted by molar-refractivity contribution is 5.79. The third-order valence-electron chi connectivity index (χ3n) is 4.94. The first-order valence-corrected chi connectivity index (χ1v) is 8.30. The van der Waals surface area contributed by atoms with Crippen molar-refractivity contribution >= 4 is 11.9 Å². The Kier molecular flexibility index (Phi) is 6.20. The number of hydrogen-bond donors (Lipinski definition) is 1. The molecule has 126 valence electrons. The number of aliphatic hydroxyl groups excluding tert-OH is 1. The molecule has 2 saturated heterocycles. The Hall–Kier alpha value is -1.14. The van der Waals surface area contributed by atoms with Crippen molar-refractivity contribution in [1.82, 2.24) is 9.80 Å². The van der Waals surface area contributed by atoms with E-state index in [0.717, 1.165) is 25.8 Å². The maximum atomic E-state index is 12.5. The molecule has 0 radical (unpaired) electrons. The topological polar surface area (TPSA) is 70.1 Å². The van der Waals surface area contributed by atoms with Gasteiger partial charge >= 0.3 is 5.97 Å². The van der Waals surface area contributed by atoms with Crippen LogP contribution in [0.1, 0.15) is 39.0 Å². The molecular formula is C16H28N2O4. The molecule has 0 aromatic rings. The number of amides is 1. The van der Waals surface area contributed by atoms with E-state index >= 15 is 0 Å². The van der Waals surface area contributed by atoms with Crippen LogP contribution in [0.25, 0.3) is 0 Å². The smallest absolute Gasteiger partial charge is 0.308 e. The summed E-state index contributed by atoms with van der Waals surface area (Å²) in [5, 5.41) is 9.88. The lowest BCUT2D eigenvalue weighted by molar-refractivity contribution is -0.149. The van der Waals surface area contributed by atoms with Gasteiger partial charge in [-0.05, 0) is 39.2 Å². The lowest BCUT2D eigenvalue weighted by atomic mass is 9.96. The maximum absolute atomic E-state index is 12.5. The zero-order valence-electron chi connectivity index (χ0n) is 13.7. The molecule has 6 heteroatoms. The highest BCUT2D eigenvalue weighted by Crippen LogP contribution is 2.22. The van der Waals surface area contributed by atoms with Gasteiger partial charge in [0.1, 0.15) is 0 Å². The number of hydrogen-bond acceptors (Lipinski definition) is 5. The molecule has 2 aliphatic rings. The molecule has 0 bridgehead atoms. The fourth-order valence-electron chi connectivity index (χ4n) is 3.56. The van der Waals surface area contributed by atoms with Crippen molar-refractivity contribution in [3.63, 3.8) is 0 Å². The number of rotatable bonds is 4. The monoisotopic (exact) mass is 312 g/mol. The fourth-order valence-corrected chi connectivity index (χ4v) is 3.56. The molecule has 2 aliphatic heterocycles. The number of carbonyl (C=O) groups is 2. The minimum atomic E-state index is -0.404. The molecule has 0 aromatic carbocycles. The van der Waals surface area contributed by atoms with E-state index in [4.69, 9.17) is 4.74 Å². The molecular weight excluding hydrogens is 284 g/mol. The Morgan fingerprint density at radius 2 is 1.86 bits per heavy atom. The van der Waals surface area contributed by atoms with Gasteiger partial charge in [-0.1, -0.05) is 6.42 Å². The molecule has 2 atom stereocenters. The van der Waals surface area contributed by atoms with Gasteiger partial charge in [-0.2, -0.15) is 0 Å². The van der Waals surface area contributed by atoms with E-state index in [1.807, 2.05) is 4.90 Å². The number of ether oxygens (including phenoxy) is 1. The number of likely N-dealkylation sites (tertiary alicyclic amines) is 2. The third-order valence-corrected chi connectivity index (χ3v) is 4.94. The highest BCUT2D eigenvalue weighted by Gasteiger charge is 2.31. The number of piperidine rings is 2. The molecule has 2 heterocycles. The van der Waals surface area contributed by atoms with Crippen LogP contribution >= 0.6 is 0 Å². The summed E-state index contributed by atoms with van der Waals surface area (Å²) in [7, 11) is 1.41. The molecule has 0 aromatic heterocycles. The van der Waals surface area contributed by atoms with Crippen molar-refractivity contribution in [2.24, 2.45) is 5.92 Å². The first-order valence-electron chi connectivity index (χ1n) is 8.30. The Balaban J connectivity index is 1.83. The van der Waals surface area contributed by atoms with Gasteiger partial charge < -0.3 is 14.7 Å². The van der Waals surface area contributed by atoms with Crippen LogP contribution in [0.4, 0.5) is 0 Å². The zero-order valence-corrected chi connectivity index (χ0v) is 13.7. The van der Waals surface area contributed by atoms with Gasteiger partial charge in [-0.15, -0.1) is 0 Å². The minimum absolute atomic E-state index is 0.0748. The van der Waals surface area contributed by atoms with Crippen LogP contribution in [0.5, 0.6) is 0 Å². The standard InChI is InChI=1S/C16H28N2O4/c1-12(19)14-5-3-4-8-18(14)11-15(20)17-9-6-13(7-10-17)16(21)22-2/h12-14,19H,3-11H2,1-2H3/t12-,14-/m0/s1. The average Bonchev–Trinajstić information content (AvgIpc) is 2.54. The minimum Gasteiger partial charge on any atom is -0.469 e. The van der Waals surface area contributed by atoms with Gasteiger partial charge in [0, 0.05) is 19.1 Å². The predicted octanol–water partition coefficient (Wildman–Crippen LogP) is 0.633. The Labute approximate surface area is 132 Å². The number of carbonyl (C=O) groups excluding carboxylic acids is 2. The molecule has 0 unspecified atom stereocenters. The average molecular weight is 312 g/mol. The summed E-state index contributed by atoms with van der Waals surface area (Å²) in [4.78, 5) is 27.9. The van der Waals surface area contributed by atoms with Crippen LogP contribution in [0.15, 0.2) is 0 Å². The molecule has 2 rings (SSSR count). The molecule has 0 spiro atoms. The normalized spacial score (nSPS) is 25.8. The van der Waals surface area contributed by atoms with Crippen molar-refractivity contribution in [2.45, 2.75) is 51.2 Å². The van der Waals surface area contributed by atoms with E-state index in [0.29, 0.717) is 32.5 Å². The Morgan fingerprint density at radius 3 is 2.45 bits per heavy atom. The van der Waals surface area contributed by atoms with E-state index in [-0.39, 0.29) is 23.8 Å². The summed E-state index contributed by atoms with van der Waals surface area (Å²) in [5.74, 6) is -0.137. The highest BCUT2D eigenvalue weighted by atomic mass is 16.5. The van der Waals surface area contributed by atoms with Gasteiger partial charge in [0.15, 0.2) is 0 Å². The first-order chi connectivity index (χ1) is 10.5. The molecule has 1 N–H and O–H groups in total. The van der Waals surface area contributed by atoms with Crippen molar-refractivity contribution in [3.05, 3.63) is 0 Å². The second-order valence-corrected chi connectivity index (χ2v) is 6.45. The second kappa shape index (κ2) is 7.92. The second-order valence-electron chi connectivity index (χ2n) is 6.45. The predicted molar refractivity (Wildman–Crippen MR) is 82.2 cm³/mol. The summed E-state index contributed by atoms with van der Waals surface area (Å²) >= 11 is 0. The van der Waals surface area contributed by atoms with E-state index in [1.54, 1.807) is 6.92 Å². The van der Waals surface area contributed by atoms with E-state index in [9.17, 15) is 14.7 Å². The summed E-state index contributed by atoms with van der Waals surface area (Å²) in [6, 6.07) is 0.0882. The zero-order chi connectivity index (χ0) is 16.1. The number of aliphatic hydroxyl groups is 1. The molecule has 0 saturated carbocycles. The fraction of sp³-hybridized carbons (Fsp3) is 0.875. The summed E-state index contributed by atoms with van der Waals surface area (Å²) < 4.78 is 4.77. The lowest BCUT2D eigenvalue weighted by Gasteiger charge is -2.39. The summed E-state index contributed by atoms with van der Waals surface area (Å²) in [6.45, 7) is 4.28. The molecule has 1 amide bonds. The van der Waals surface area contributed by atoms with Crippen LogP contribution in [0.3, 0.4) is 0 Å². The summed E-state index contributed by atoms with van der Waals surface area (Å²) in [6.07, 6.45) is 4.11. The van der Waals surface area contributed by atoms with Crippen molar-refractivity contribution < 1.29 is 19.4 Å². The Bertz CT molecular complexity index is 392. The molecule has 0 aliphatic carbocycles. The summed E-state index contributed by atoms with van der Waals surface area (Å²) in [5.41, 5.74) is 0. The van der Waals surface area contributed by atoms with Crippen molar-refractivity contribution in [1.29, 1.82) is 0 Å². The van der Waals surface area contributed by atoms with E-state index in [2.05, 4.69) is 4.90 Å². The number of nitrogens with zero attached hydrogens (tertiary/aromatic N) is 2. The van der Waals surface area contributed by atoms with Crippen LogP contribution in [0, 0.1) is 5.92 Å². The van der Waals surface area contributed by atoms with Crippen molar-refractivity contribution in [2.75, 3.05) is 33.3 Å². The van der Waals surface area contributed by atoms with Gasteiger partial charge in [-0.25, -0.2) is 0 Å². The van der Waals surface area contributed by atoms with Crippen LogP contribution < -0.4 is 0 Å². The Morgan fingerprint density at radius 1 is 1.18 bits per heavy atom. The third kappa shape index (κ3) is 4.20. The lowest BCUT2D eigenvalue weighted by Crippen LogP contribution is -2.51. The van der Waals surface area contributed by atoms with Crippen LogP contribution in [0.2, 0.25) is 0 Å². The van der Waals surface area contributed by atoms with Gasteiger partial charge in [0.25, 0.3) is 0 Å². The van der Waals surface area contributed by atoms with E-state index in [1.165, 1.54) is 7.11 Å². The van der Waals surface area contributed by atoms with E-state index < -0.39 is 6.10 Å².